The van der Waals surface area contributed by atoms with E-state index in [-0.39, 0.29) is 18.0 Å². The lowest BCUT2D eigenvalue weighted by molar-refractivity contribution is -0.137. The monoisotopic (exact) mass is 305 g/mol. The van der Waals surface area contributed by atoms with Crippen LogP contribution in [0.25, 0.3) is 0 Å². The van der Waals surface area contributed by atoms with Crippen molar-refractivity contribution < 1.29 is 23.1 Å². The summed E-state index contributed by atoms with van der Waals surface area (Å²) in [5, 5.41) is 12.9. The highest BCUT2D eigenvalue weighted by Gasteiger charge is 2.31. The molecule has 0 aromatic carbocycles. The van der Waals surface area contributed by atoms with Crippen LogP contribution in [0.1, 0.15) is 11.4 Å². The van der Waals surface area contributed by atoms with Crippen LogP contribution in [0.15, 0.2) is 4.90 Å². The Labute approximate surface area is 118 Å². The van der Waals surface area contributed by atoms with Crippen LogP contribution in [0.2, 0.25) is 0 Å². The van der Waals surface area contributed by atoms with Crippen molar-refractivity contribution in [3.63, 3.8) is 0 Å². The van der Waals surface area contributed by atoms with Crippen LogP contribution in [0, 0.1) is 13.8 Å². The minimum atomic E-state index is -3.92. The Balaban J connectivity index is 3.24. The summed E-state index contributed by atoms with van der Waals surface area (Å²) in [6.07, 6.45) is 0. The molecule has 0 spiro atoms. The Kier molecular flexibility index (Phi) is 5.26. The highest BCUT2D eigenvalue weighted by Crippen LogP contribution is 2.22. The van der Waals surface area contributed by atoms with E-state index in [4.69, 9.17) is 9.84 Å². The van der Waals surface area contributed by atoms with Crippen LogP contribution in [-0.4, -0.2) is 60.4 Å². The standard InChI is InChI=1S/C11H19N3O5S/c1-8-11(9(2)13(3)12-8)20(17,18)14(5-6-19-4)7-10(15)16/h5-7H2,1-4H3,(H,15,16). The van der Waals surface area contributed by atoms with Gasteiger partial charge in [0, 0.05) is 20.7 Å². The molecular weight excluding hydrogens is 286 g/mol. The van der Waals surface area contributed by atoms with E-state index in [0.29, 0.717) is 11.4 Å². The van der Waals surface area contributed by atoms with Crippen LogP contribution in [0.5, 0.6) is 0 Å². The fraction of sp³-hybridized carbons (Fsp3) is 0.636. The molecule has 8 nitrogen and oxygen atoms in total. The fourth-order valence-corrected chi connectivity index (χ4v) is 3.66. The normalized spacial score (nSPS) is 12.1. The molecule has 0 atom stereocenters. The van der Waals surface area contributed by atoms with Crippen molar-refractivity contribution in [3.05, 3.63) is 11.4 Å². The first-order chi connectivity index (χ1) is 9.21. The zero-order valence-electron chi connectivity index (χ0n) is 12.0. The van der Waals surface area contributed by atoms with Crippen LogP contribution >= 0.6 is 0 Å². The topological polar surface area (TPSA) is 102 Å². The van der Waals surface area contributed by atoms with Gasteiger partial charge in [-0.3, -0.25) is 9.48 Å². The lowest BCUT2D eigenvalue weighted by atomic mass is 10.4. The Morgan fingerprint density at radius 3 is 2.45 bits per heavy atom. The van der Waals surface area contributed by atoms with Crippen molar-refractivity contribution in [3.8, 4) is 0 Å². The number of carbonyl (C=O) groups is 1. The number of nitrogens with zero attached hydrogens (tertiary/aromatic N) is 3. The third-order valence-corrected chi connectivity index (χ3v) is 5.00. The molecule has 0 aliphatic carbocycles. The molecule has 114 valence electrons. The fourth-order valence-electron chi connectivity index (χ4n) is 1.88. The average molecular weight is 305 g/mol. The summed E-state index contributed by atoms with van der Waals surface area (Å²) in [7, 11) is -0.860. The van der Waals surface area contributed by atoms with Gasteiger partial charge in [-0.15, -0.1) is 0 Å². The van der Waals surface area contributed by atoms with E-state index in [9.17, 15) is 13.2 Å². The lowest BCUT2D eigenvalue weighted by Gasteiger charge is -2.20. The maximum absolute atomic E-state index is 12.6. The Hall–Kier alpha value is -1.45. The summed E-state index contributed by atoms with van der Waals surface area (Å²) >= 11 is 0. The molecule has 1 aromatic heterocycles. The maximum Gasteiger partial charge on any atom is 0.318 e. The number of hydrogen-bond acceptors (Lipinski definition) is 5. The molecule has 0 bridgehead atoms. The van der Waals surface area contributed by atoms with Gasteiger partial charge in [-0.2, -0.15) is 9.40 Å². The summed E-state index contributed by atoms with van der Waals surface area (Å²) in [5.41, 5.74) is 0.813. The minimum absolute atomic E-state index is 0.0289. The number of hydrogen-bond donors (Lipinski definition) is 1. The van der Waals surface area contributed by atoms with Crippen LogP contribution in [0.3, 0.4) is 0 Å². The second-order valence-electron chi connectivity index (χ2n) is 4.35. The van der Waals surface area contributed by atoms with Gasteiger partial charge in [-0.1, -0.05) is 0 Å². The highest BCUT2D eigenvalue weighted by atomic mass is 32.2. The van der Waals surface area contributed by atoms with Gasteiger partial charge in [-0.05, 0) is 13.8 Å². The second kappa shape index (κ2) is 6.33. The molecule has 1 heterocycles. The van der Waals surface area contributed by atoms with E-state index in [2.05, 4.69) is 5.10 Å². The molecule has 1 aromatic rings. The Bertz CT molecular complexity index is 593. The molecule has 0 amide bonds. The van der Waals surface area contributed by atoms with Gasteiger partial charge in [0.05, 0.1) is 18.0 Å². The van der Waals surface area contributed by atoms with Crippen molar-refractivity contribution in [1.82, 2.24) is 14.1 Å². The molecule has 9 heteroatoms. The zero-order chi connectivity index (χ0) is 15.5. The van der Waals surface area contributed by atoms with Gasteiger partial charge in [0.1, 0.15) is 11.4 Å². The largest absolute Gasteiger partial charge is 0.480 e. The predicted molar refractivity (Wildman–Crippen MR) is 71.0 cm³/mol. The summed E-state index contributed by atoms with van der Waals surface area (Å²) in [5.74, 6) is -1.22. The molecule has 1 N–H and O–H groups in total. The summed E-state index contributed by atoms with van der Waals surface area (Å²) < 4.78 is 32.3. The third kappa shape index (κ3) is 3.35. The third-order valence-electron chi connectivity index (χ3n) is 2.90. The Morgan fingerprint density at radius 2 is 2.05 bits per heavy atom. The van der Waals surface area contributed by atoms with E-state index >= 15 is 0 Å². The molecule has 20 heavy (non-hydrogen) atoms. The zero-order valence-corrected chi connectivity index (χ0v) is 12.8. The number of carboxylic acid groups (broad SMARTS) is 1. The van der Waals surface area contributed by atoms with Crippen molar-refractivity contribution in [2.45, 2.75) is 18.7 Å². The highest BCUT2D eigenvalue weighted by molar-refractivity contribution is 7.89. The molecule has 0 fully saturated rings. The van der Waals surface area contributed by atoms with E-state index < -0.39 is 22.5 Å². The van der Waals surface area contributed by atoms with Crippen molar-refractivity contribution in [1.29, 1.82) is 0 Å². The number of aromatic nitrogens is 2. The molecule has 1 rings (SSSR count). The first-order valence-electron chi connectivity index (χ1n) is 5.93. The summed E-state index contributed by atoms with van der Waals surface area (Å²) in [4.78, 5) is 10.9. The van der Waals surface area contributed by atoms with Crippen LogP contribution in [0.4, 0.5) is 0 Å². The van der Waals surface area contributed by atoms with Crippen molar-refractivity contribution in [2.75, 3.05) is 26.8 Å². The van der Waals surface area contributed by atoms with Gasteiger partial charge in [-0.25, -0.2) is 8.42 Å². The van der Waals surface area contributed by atoms with Crippen molar-refractivity contribution >= 4 is 16.0 Å². The van der Waals surface area contributed by atoms with Gasteiger partial charge in [0.25, 0.3) is 0 Å². The Morgan fingerprint density at radius 1 is 1.45 bits per heavy atom. The molecule has 0 aliphatic heterocycles. The van der Waals surface area contributed by atoms with Crippen LogP contribution in [-0.2, 0) is 26.6 Å². The van der Waals surface area contributed by atoms with E-state index in [1.807, 2.05) is 0 Å². The smallest absolute Gasteiger partial charge is 0.318 e. The molecular formula is C11H19N3O5S. The van der Waals surface area contributed by atoms with Crippen molar-refractivity contribution in [2.24, 2.45) is 7.05 Å². The average Bonchev–Trinajstić information content (AvgIpc) is 2.58. The minimum Gasteiger partial charge on any atom is -0.480 e. The van der Waals surface area contributed by atoms with Gasteiger partial charge in [0.15, 0.2) is 0 Å². The second-order valence-corrected chi connectivity index (χ2v) is 6.22. The number of aryl methyl sites for hydroxylation is 2. The lowest BCUT2D eigenvalue weighted by Crippen LogP contribution is -2.38. The number of methoxy groups -OCH3 is 1. The van der Waals surface area contributed by atoms with Crippen LogP contribution < -0.4 is 0 Å². The molecule has 0 unspecified atom stereocenters. The van der Waals surface area contributed by atoms with E-state index in [0.717, 1.165) is 4.31 Å². The number of ether oxygens (including phenoxy) is 1. The number of sulfonamides is 1. The summed E-state index contributed by atoms with van der Waals surface area (Å²) in [6, 6.07) is 0. The maximum atomic E-state index is 12.6. The number of rotatable bonds is 7. The molecule has 0 saturated carbocycles. The molecule has 0 aliphatic rings. The summed E-state index contributed by atoms with van der Waals surface area (Å²) in [6.45, 7) is 2.68. The SMILES string of the molecule is COCCN(CC(=O)O)S(=O)(=O)c1c(C)nn(C)c1C. The molecule has 0 radical (unpaired) electrons. The number of aliphatic carboxylic acids is 1. The van der Waals surface area contributed by atoms with Gasteiger partial charge < -0.3 is 9.84 Å². The van der Waals surface area contributed by atoms with Gasteiger partial charge >= 0.3 is 5.97 Å². The van der Waals surface area contributed by atoms with E-state index in [1.54, 1.807) is 20.9 Å². The number of carboxylic acids is 1. The van der Waals surface area contributed by atoms with E-state index in [1.165, 1.54) is 11.8 Å². The molecule has 0 saturated heterocycles. The van der Waals surface area contributed by atoms with Gasteiger partial charge in [0.2, 0.25) is 10.0 Å². The predicted octanol–water partition coefficient (Wildman–Crippen LogP) is -0.241. The first kappa shape index (κ1) is 16.6. The first-order valence-corrected chi connectivity index (χ1v) is 7.37. The quantitative estimate of drug-likeness (QED) is 0.746.